The van der Waals surface area contributed by atoms with E-state index in [1.807, 2.05) is 6.92 Å². The molecular weight excluding hydrogens is 356 g/mol. The summed E-state index contributed by atoms with van der Waals surface area (Å²) in [5, 5.41) is 7.64. The van der Waals surface area contributed by atoms with Gasteiger partial charge in [0, 0.05) is 23.1 Å². The highest BCUT2D eigenvalue weighted by molar-refractivity contribution is 9.10. The molecule has 5 nitrogen and oxygen atoms in total. The molecule has 1 amide bonds. The first-order valence-corrected chi connectivity index (χ1v) is 7.30. The average molecular weight is 366 g/mol. The minimum atomic E-state index is -0.322. The van der Waals surface area contributed by atoms with Gasteiger partial charge in [-0.2, -0.15) is 5.10 Å². The van der Waals surface area contributed by atoms with Crippen LogP contribution in [0.15, 0.2) is 41.1 Å². The van der Waals surface area contributed by atoms with Crippen molar-refractivity contribution in [1.82, 2.24) is 14.6 Å². The van der Waals surface area contributed by atoms with Gasteiger partial charge in [-0.25, -0.2) is 9.50 Å². The van der Waals surface area contributed by atoms with Crippen molar-refractivity contribution < 1.29 is 4.79 Å². The molecule has 106 valence electrons. The molecule has 0 saturated heterocycles. The number of hydrogen-bond donors (Lipinski definition) is 1. The number of nitrogens with one attached hydrogen (secondary N) is 1. The van der Waals surface area contributed by atoms with E-state index in [-0.39, 0.29) is 11.6 Å². The lowest BCUT2D eigenvalue weighted by molar-refractivity contribution is 0.102. The van der Waals surface area contributed by atoms with Crippen molar-refractivity contribution in [3.63, 3.8) is 0 Å². The number of hydrogen-bond acceptors (Lipinski definition) is 3. The van der Waals surface area contributed by atoms with Gasteiger partial charge in [0.05, 0.1) is 4.47 Å². The van der Waals surface area contributed by atoms with Gasteiger partial charge in [-0.15, -0.1) is 0 Å². The molecule has 1 N–H and O–H groups in total. The molecule has 0 fully saturated rings. The SMILES string of the molecule is Cc1c(Cl)cccc1NC(=O)c1nn2cccnc2c1Br. The van der Waals surface area contributed by atoms with Crippen molar-refractivity contribution in [3.05, 3.63) is 57.4 Å². The first-order valence-electron chi connectivity index (χ1n) is 6.13. The summed E-state index contributed by atoms with van der Waals surface area (Å²) in [4.78, 5) is 16.6. The molecule has 0 spiro atoms. The maximum absolute atomic E-state index is 12.4. The highest BCUT2D eigenvalue weighted by atomic mass is 79.9. The monoisotopic (exact) mass is 364 g/mol. The Morgan fingerprint density at radius 2 is 2.19 bits per heavy atom. The van der Waals surface area contributed by atoms with Crippen LogP contribution in [0.5, 0.6) is 0 Å². The van der Waals surface area contributed by atoms with E-state index in [0.29, 0.717) is 20.8 Å². The van der Waals surface area contributed by atoms with Crippen molar-refractivity contribution in [3.8, 4) is 0 Å². The maximum atomic E-state index is 12.4. The largest absolute Gasteiger partial charge is 0.320 e. The Hall–Kier alpha value is -1.92. The zero-order valence-corrected chi connectivity index (χ0v) is 13.3. The van der Waals surface area contributed by atoms with Crippen LogP contribution in [0.4, 0.5) is 5.69 Å². The molecule has 0 aliphatic carbocycles. The minimum Gasteiger partial charge on any atom is -0.320 e. The fraction of sp³-hybridized carbons (Fsp3) is 0.0714. The second-order valence-electron chi connectivity index (χ2n) is 4.42. The van der Waals surface area contributed by atoms with Gasteiger partial charge in [0.1, 0.15) is 0 Å². The van der Waals surface area contributed by atoms with Gasteiger partial charge in [-0.3, -0.25) is 4.79 Å². The summed E-state index contributed by atoms with van der Waals surface area (Å²) in [6.07, 6.45) is 3.37. The number of aromatic nitrogens is 3. The molecule has 0 bridgehead atoms. The van der Waals surface area contributed by atoms with Crippen LogP contribution in [0, 0.1) is 6.92 Å². The number of benzene rings is 1. The lowest BCUT2D eigenvalue weighted by Crippen LogP contribution is -2.14. The van der Waals surface area contributed by atoms with Gasteiger partial charge >= 0.3 is 0 Å². The predicted molar refractivity (Wildman–Crippen MR) is 84.8 cm³/mol. The van der Waals surface area contributed by atoms with Crippen LogP contribution in [-0.2, 0) is 0 Å². The van der Waals surface area contributed by atoms with Crippen LogP contribution in [0.25, 0.3) is 5.65 Å². The Balaban J connectivity index is 1.97. The number of amides is 1. The number of anilines is 1. The maximum Gasteiger partial charge on any atom is 0.277 e. The van der Waals surface area contributed by atoms with Crippen molar-refractivity contribution >= 4 is 44.8 Å². The van der Waals surface area contributed by atoms with Crippen LogP contribution in [0.3, 0.4) is 0 Å². The molecule has 2 heterocycles. The summed E-state index contributed by atoms with van der Waals surface area (Å²) in [6.45, 7) is 1.85. The third-order valence-electron chi connectivity index (χ3n) is 3.07. The van der Waals surface area contributed by atoms with Gasteiger partial charge in [-0.05, 0) is 46.6 Å². The topological polar surface area (TPSA) is 59.3 Å². The summed E-state index contributed by atoms with van der Waals surface area (Å²) in [7, 11) is 0. The van der Waals surface area contributed by atoms with Gasteiger partial charge < -0.3 is 5.32 Å². The number of nitrogens with zero attached hydrogens (tertiary/aromatic N) is 3. The second-order valence-corrected chi connectivity index (χ2v) is 5.62. The molecule has 3 aromatic rings. The Labute approximate surface area is 134 Å². The zero-order chi connectivity index (χ0) is 15.0. The van der Waals surface area contributed by atoms with E-state index in [9.17, 15) is 4.79 Å². The quantitative estimate of drug-likeness (QED) is 0.753. The first-order chi connectivity index (χ1) is 10.1. The molecule has 0 radical (unpaired) electrons. The van der Waals surface area contributed by atoms with E-state index >= 15 is 0 Å². The molecule has 0 aliphatic rings. The van der Waals surface area contributed by atoms with Crippen LogP contribution in [0.2, 0.25) is 5.02 Å². The van der Waals surface area contributed by atoms with E-state index in [0.717, 1.165) is 5.56 Å². The molecule has 2 aromatic heterocycles. The Morgan fingerprint density at radius 1 is 1.38 bits per heavy atom. The van der Waals surface area contributed by atoms with Crippen molar-refractivity contribution in [1.29, 1.82) is 0 Å². The molecule has 0 saturated carbocycles. The molecule has 3 rings (SSSR count). The third-order valence-corrected chi connectivity index (χ3v) is 4.21. The van der Waals surface area contributed by atoms with Crippen LogP contribution in [0.1, 0.15) is 16.1 Å². The second kappa shape index (κ2) is 5.46. The summed E-state index contributed by atoms with van der Waals surface area (Å²) in [5.41, 5.74) is 2.33. The fourth-order valence-corrected chi connectivity index (χ4v) is 2.65. The number of rotatable bonds is 2. The van der Waals surface area contributed by atoms with Gasteiger partial charge in [-0.1, -0.05) is 17.7 Å². The van der Waals surface area contributed by atoms with Crippen molar-refractivity contribution in [2.75, 3.05) is 5.32 Å². The molecule has 7 heteroatoms. The molecular formula is C14H10BrClN4O. The summed E-state index contributed by atoms with van der Waals surface area (Å²) in [6, 6.07) is 7.10. The van der Waals surface area contributed by atoms with E-state index in [2.05, 4.69) is 31.3 Å². The van der Waals surface area contributed by atoms with Crippen LogP contribution in [-0.4, -0.2) is 20.5 Å². The van der Waals surface area contributed by atoms with E-state index in [4.69, 9.17) is 11.6 Å². The average Bonchev–Trinajstić information content (AvgIpc) is 2.82. The predicted octanol–water partition coefficient (Wildman–Crippen LogP) is 3.71. The number of fused-ring (bicyclic) bond motifs is 1. The smallest absolute Gasteiger partial charge is 0.277 e. The Kier molecular flexibility index (Phi) is 3.65. The summed E-state index contributed by atoms with van der Waals surface area (Å²) < 4.78 is 2.10. The minimum absolute atomic E-state index is 0.271. The molecule has 0 atom stereocenters. The van der Waals surface area contributed by atoms with E-state index in [1.54, 1.807) is 41.2 Å². The molecule has 1 aromatic carbocycles. The van der Waals surface area contributed by atoms with Gasteiger partial charge in [0.25, 0.3) is 5.91 Å². The lowest BCUT2D eigenvalue weighted by Gasteiger charge is -2.08. The summed E-state index contributed by atoms with van der Waals surface area (Å²) in [5.74, 6) is -0.322. The molecule has 0 unspecified atom stereocenters. The fourth-order valence-electron chi connectivity index (χ4n) is 1.93. The number of carbonyl (C=O) groups excluding carboxylic acids is 1. The third kappa shape index (κ3) is 2.52. The van der Waals surface area contributed by atoms with Gasteiger partial charge in [0.2, 0.25) is 0 Å². The van der Waals surface area contributed by atoms with Crippen molar-refractivity contribution in [2.24, 2.45) is 0 Å². The Bertz CT molecular complexity index is 846. The van der Waals surface area contributed by atoms with Gasteiger partial charge in [0.15, 0.2) is 11.3 Å². The van der Waals surface area contributed by atoms with E-state index in [1.165, 1.54) is 0 Å². The lowest BCUT2D eigenvalue weighted by atomic mass is 10.2. The highest BCUT2D eigenvalue weighted by Crippen LogP contribution is 2.25. The highest BCUT2D eigenvalue weighted by Gasteiger charge is 2.19. The van der Waals surface area contributed by atoms with E-state index < -0.39 is 0 Å². The standard InChI is InChI=1S/C14H10BrClN4O/c1-8-9(16)4-2-5-10(8)18-14(21)12-11(15)13-17-6-3-7-20(13)19-12/h2-7H,1H3,(H,18,21). The Morgan fingerprint density at radius 3 is 2.95 bits per heavy atom. The number of carbonyl (C=O) groups is 1. The zero-order valence-electron chi connectivity index (χ0n) is 11.0. The molecule has 0 aliphatic heterocycles. The number of halogens is 2. The van der Waals surface area contributed by atoms with Crippen molar-refractivity contribution in [2.45, 2.75) is 6.92 Å². The summed E-state index contributed by atoms with van der Waals surface area (Å²) >= 11 is 9.41. The molecule has 21 heavy (non-hydrogen) atoms. The van der Waals surface area contributed by atoms with Crippen LogP contribution < -0.4 is 5.32 Å². The van der Waals surface area contributed by atoms with Crippen LogP contribution >= 0.6 is 27.5 Å². The first kappa shape index (κ1) is 14.0. The normalized spacial score (nSPS) is 10.8.